The van der Waals surface area contributed by atoms with Gasteiger partial charge < -0.3 is 4.57 Å². The van der Waals surface area contributed by atoms with E-state index in [1.54, 1.807) is 0 Å². The molecule has 1 aromatic carbocycles. The maximum atomic E-state index is 4.30. The van der Waals surface area contributed by atoms with Gasteiger partial charge >= 0.3 is 0 Å². The van der Waals surface area contributed by atoms with Crippen LogP contribution in [0.4, 0.5) is 0 Å². The van der Waals surface area contributed by atoms with Crippen LogP contribution < -0.4 is 0 Å². The number of aromatic nitrogens is 1. The third kappa shape index (κ3) is 1.25. The van der Waals surface area contributed by atoms with Gasteiger partial charge in [-0.1, -0.05) is 12.1 Å². The van der Waals surface area contributed by atoms with Gasteiger partial charge in [-0.2, -0.15) is 12.6 Å². The summed E-state index contributed by atoms with van der Waals surface area (Å²) in [6, 6.07) is 8.61. The largest absolute Gasteiger partial charge is 0.347 e. The van der Waals surface area contributed by atoms with Gasteiger partial charge in [0.25, 0.3) is 0 Å². The molecule has 13 heavy (non-hydrogen) atoms. The van der Waals surface area contributed by atoms with E-state index in [0.717, 1.165) is 5.75 Å². The number of thiol groups is 1. The van der Waals surface area contributed by atoms with Crippen LogP contribution in [0.1, 0.15) is 11.3 Å². The molecule has 1 aromatic heterocycles. The van der Waals surface area contributed by atoms with Crippen molar-refractivity contribution in [2.24, 2.45) is 7.05 Å². The average molecular weight is 191 g/mol. The number of rotatable bonds is 1. The molecule has 0 aliphatic rings. The highest BCUT2D eigenvalue weighted by Gasteiger charge is 2.04. The number of aryl methyl sites for hydroxylation is 2. The smallest absolute Gasteiger partial charge is 0.0482 e. The van der Waals surface area contributed by atoms with Crippen LogP contribution in [0.3, 0.4) is 0 Å². The second-order valence-electron chi connectivity index (χ2n) is 3.36. The molecule has 0 saturated carbocycles. The highest BCUT2D eigenvalue weighted by atomic mass is 32.1. The van der Waals surface area contributed by atoms with Crippen LogP contribution in [0.15, 0.2) is 24.3 Å². The van der Waals surface area contributed by atoms with Gasteiger partial charge in [-0.05, 0) is 24.6 Å². The predicted molar refractivity (Wildman–Crippen MR) is 60.3 cm³/mol. The molecule has 0 bridgehead atoms. The monoisotopic (exact) mass is 191 g/mol. The van der Waals surface area contributed by atoms with Crippen molar-refractivity contribution in [1.29, 1.82) is 0 Å². The van der Waals surface area contributed by atoms with Crippen molar-refractivity contribution < 1.29 is 0 Å². The fourth-order valence-corrected chi connectivity index (χ4v) is 2.02. The normalized spacial score (nSPS) is 11.0. The summed E-state index contributed by atoms with van der Waals surface area (Å²) in [6.07, 6.45) is 0. The number of hydrogen-bond acceptors (Lipinski definition) is 1. The Balaban J connectivity index is 2.83. The van der Waals surface area contributed by atoms with Gasteiger partial charge in [-0.3, -0.25) is 0 Å². The summed E-state index contributed by atoms with van der Waals surface area (Å²) in [6.45, 7) is 2.14. The first-order chi connectivity index (χ1) is 6.24. The summed E-state index contributed by atoms with van der Waals surface area (Å²) in [7, 11) is 2.09. The van der Waals surface area contributed by atoms with Gasteiger partial charge in [0.05, 0.1) is 0 Å². The number of fused-ring (bicyclic) bond motifs is 1. The minimum absolute atomic E-state index is 0.796. The van der Waals surface area contributed by atoms with E-state index in [0.29, 0.717) is 0 Å². The van der Waals surface area contributed by atoms with Crippen LogP contribution >= 0.6 is 12.6 Å². The molecular weight excluding hydrogens is 178 g/mol. The molecule has 2 rings (SSSR count). The number of nitrogens with zero attached hydrogens (tertiary/aromatic N) is 1. The van der Waals surface area contributed by atoms with Crippen LogP contribution in [0, 0.1) is 6.92 Å². The molecule has 0 N–H and O–H groups in total. The van der Waals surface area contributed by atoms with Gasteiger partial charge in [-0.15, -0.1) is 0 Å². The van der Waals surface area contributed by atoms with E-state index in [1.807, 2.05) is 0 Å². The molecule has 0 atom stereocenters. The molecule has 0 radical (unpaired) electrons. The topological polar surface area (TPSA) is 4.93 Å². The summed E-state index contributed by atoms with van der Waals surface area (Å²) >= 11 is 4.30. The summed E-state index contributed by atoms with van der Waals surface area (Å²) < 4.78 is 2.20. The van der Waals surface area contributed by atoms with Crippen LogP contribution in [0.5, 0.6) is 0 Å². The lowest BCUT2D eigenvalue weighted by molar-refractivity contribution is 0.911. The summed E-state index contributed by atoms with van der Waals surface area (Å²) in [4.78, 5) is 0. The van der Waals surface area contributed by atoms with E-state index in [2.05, 4.69) is 55.4 Å². The van der Waals surface area contributed by atoms with E-state index in [9.17, 15) is 0 Å². The maximum Gasteiger partial charge on any atom is 0.0482 e. The van der Waals surface area contributed by atoms with Crippen molar-refractivity contribution in [3.8, 4) is 0 Å². The molecule has 0 spiro atoms. The SMILES string of the molecule is Cc1cccc2c1cc(CS)n2C. The summed E-state index contributed by atoms with van der Waals surface area (Å²) in [5, 5.41) is 1.34. The van der Waals surface area contributed by atoms with Crippen LogP contribution in [0.25, 0.3) is 10.9 Å². The van der Waals surface area contributed by atoms with Gasteiger partial charge in [0.2, 0.25) is 0 Å². The van der Waals surface area contributed by atoms with Crippen LogP contribution in [-0.4, -0.2) is 4.57 Å². The third-order valence-electron chi connectivity index (χ3n) is 2.57. The first-order valence-electron chi connectivity index (χ1n) is 4.39. The predicted octanol–water partition coefficient (Wildman–Crippen LogP) is 2.92. The molecule has 0 unspecified atom stereocenters. The lowest BCUT2D eigenvalue weighted by Crippen LogP contribution is -1.91. The highest BCUT2D eigenvalue weighted by Crippen LogP contribution is 2.22. The van der Waals surface area contributed by atoms with Crippen molar-refractivity contribution in [2.75, 3.05) is 0 Å². The van der Waals surface area contributed by atoms with Crippen LogP contribution in [0.2, 0.25) is 0 Å². The van der Waals surface area contributed by atoms with Crippen molar-refractivity contribution in [3.63, 3.8) is 0 Å². The summed E-state index contributed by atoms with van der Waals surface area (Å²) in [5.74, 6) is 0.796. The standard InChI is InChI=1S/C11H13NS/c1-8-4-3-5-11-10(8)6-9(7-13)12(11)2/h3-6,13H,7H2,1-2H3. The van der Waals surface area contributed by atoms with E-state index in [4.69, 9.17) is 0 Å². The molecule has 2 aromatic rings. The first-order valence-corrected chi connectivity index (χ1v) is 5.02. The average Bonchev–Trinajstić information content (AvgIpc) is 2.45. The molecule has 2 heteroatoms. The summed E-state index contributed by atoms with van der Waals surface area (Å²) in [5.41, 5.74) is 3.90. The highest BCUT2D eigenvalue weighted by molar-refractivity contribution is 7.79. The van der Waals surface area contributed by atoms with Crippen molar-refractivity contribution in [3.05, 3.63) is 35.5 Å². The fraction of sp³-hybridized carbons (Fsp3) is 0.273. The maximum absolute atomic E-state index is 4.30. The van der Waals surface area contributed by atoms with Gasteiger partial charge in [0.1, 0.15) is 0 Å². The minimum atomic E-state index is 0.796. The Morgan fingerprint density at radius 1 is 1.38 bits per heavy atom. The van der Waals surface area contributed by atoms with Crippen molar-refractivity contribution in [2.45, 2.75) is 12.7 Å². The third-order valence-corrected chi connectivity index (χ3v) is 2.89. The fourth-order valence-electron chi connectivity index (χ4n) is 1.72. The molecular formula is C11H13NS. The first kappa shape index (κ1) is 8.70. The molecule has 0 saturated heterocycles. The second-order valence-corrected chi connectivity index (χ2v) is 3.68. The zero-order chi connectivity index (χ0) is 9.42. The molecule has 68 valence electrons. The lowest BCUT2D eigenvalue weighted by Gasteiger charge is -2.00. The molecule has 0 fully saturated rings. The number of benzene rings is 1. The second kappa shape index (κ2) is 3.11. The van der Waals surface area contributed by atoms with Gasteiger partial charge in [0, 0.05) is 29.4 Å². The van der Waals surface area contributed by atoms with Crippen molar-refractivity contribution >= 4 is 23.5 Å². The van der Waals surface area contributed by atoms with Crippen LogP contribution in [-0.2, 0) is 12.8 Å². The zero-order valence-electron chi connectivity index (χ0n) is 7.91. The molecule has 1 heterocycles. The molecule has 0 aliphatic heterocycles. The number of hydrogen-bond donors (Lipinski definition) is 1. The molecule has 0 aliphatic carbocycles. The Bertz CT molecular complexity index is 443. The van der Waals surface area contributed by atoms with E-state index in [1.165, 1.54) is 22.2 Å². The Morgan fingerprint density at radius 2 is 2.15 bits per heavy atom. The van der Waals surface area contributed by atoms with Gasteiger partial charge in [-0.25, -0.2) is 0 Å². The lowest BCUT2D eigenvalue weighted by atomic mass is 10.1. The molecule has 1 nitrogen and oxygen atoms in total. The minimum Gasteiger partial charge on any atom is -0.347 e. The Hall–Kier alpha value is -0.890. The van der Waals surface area contributed by atoms with E-state index in [-0.39, 0.29) is 0 Å². The Morgan fingerprint density at radius 3 is 2.77 bits per heavy atom. The Labute approximate surface area is 83.8 Å². The van der Waals surface area contributed by atoms with Crippen molar-refractivity contribution in [1.82, 2.24) is 4.57 Å². The quantitative estimate of drug-likeness (QED) is 0.661. The van der Waals surface area contributed by atoms with Gasteiger partial charge in [0.15, 0.2) is 0 Å². The Kier molecular flexibility index (Phi) is 2.08. The van der Waals surface area contributed by atoms with E-state index < -0.39 is 0 Å². The van der Waals surface area contributed by atoms with E-state index >= 15 is 0 Å². The molecule has 0 amide bonds. The zero-order valence-corrected chi connectivity index (χ0v) is 8.81.